The fourth-order valence-corrected chi connectivity index (χ4v) is 2.84. The van der Waals surface area contributed by atoms with E-state index < -0.39 is 6.10 Å². The van der Waals surface area contributed by atoms with Gasteiger partial charge in [-0.1, -0.05) is 11.8 Å². The highest BCUT2D eigenvalue weighted by Crippen LogP contribution is 2.33. The van der Waals surface area contributed by atoms with Crippen molar-refractivity contribution in [3.63, 3.8) is 0 Å². The Morgan fingerprint density at radius 3 is 2.94 bits per heavy atom. The highest BCUT2D eigenvalue weighted by atomic mass is 32.2. The molecule has 1 atom stereocenters. The van der Waals surface area contributed by atoms with Gasteiger partial charge in [0, 0.05) is 4.90 Å². The van der Waals surface area contributed by atoms with Crippen LogP contribution in [0.1, 0.15) is 18.6 Å². The molecular weight excluding hydrogens is 247 g/mol. The van der Waals surface area contributed by atoms with Gasteiger partial charge in [-0.15, -0.1) is 0 Å². The largest absolute Gasteiger partial charge is 0.389 e. The third-order valence-corrected chi connectivity index (χ3v) is 3.77. The van der Waals surface area contributed by atoms with Crippen molar-refractivity contribution in [2.45, 2.75) is 22.3 Å². The Kier molecular flexibility index (Phi) is 3.52. The number of aliphatic hydroxyl groups excluding tert-OH is 1. The molecule has 2 rings (SSSR count). The second-order valence-electron chi connectivity index (χ2n) is 3.17. The summed E-state index contributed by atoms with van der Waals surface area (Å²) >= 11 is 2.65. The molecule has 0 aliphatic carbocycles. The van der Waals surface area contributed by atoms with E-state index in [9.17, 15) is 9.50 Å². The standard InChI is InChI=1S/C10H9FN2OS2/c1-6(14)8-4-7(11)2-3-9(8)15-10-12-5-13-16-10/h2-6,14H,1H3/t6-/m0/s1. The maximum atomic E-state index is 13.0. The summed E-state index contributed by atoms with van der Waals surface area (Å²) in [6.07, 6.45) is 0.768. The first kappa shape index (κ1) is 11.5. The van der Waals surface area contributed by atoms with Crippen molar-refractivity contribution in [3.8, 4) is 0 Å². The summed E-state index contributed by atoms with van der Waals surface area (Å²) < 4.78 is 17.7. The molecule has 1 N–H and O–H groups in total. The predicted molar refractivity (Wildman–Crippen MR) is 61.1 cm³/mol. The van der Waals surface area contributed by atoms with Gasteiger partial charge < -0.3 is 5.11 Å². The maximum absolute atomic E-state index is 13.0. The number of rotatable bonds is 3. The van der Waals surface area contributed by atoms with Crippen molar-refractivity contribution in [3.05, 3.63) is 35.9 Å². The number of aliphatic hydroxyl groups is 1. The molecule has 1 heterocycles. The molecule has 3 nitrogen and oxygen atoms in total. The number of aromatic nitrogens is 2. The van der Waals surface area contributed by atoms with E-state index in [2.05, 4.69) is 9.36 Å². The SMILES string of the molecule is C[C@H](O)c1cc(F)ccc1Sc1ncns1. The average molecular weight is 256 g/mol. The minimum atomic E-state index is -0.703. The van der Waals surface area contributed by atoms with Crippen LogP contribution in [0.5, 0.6) is 0 Å². The van der Waals surface area contributed by atoms with Crippen LogP contribution < -0.4 is 0 Å². The molecule has 0 aliphatic rings. The second kappa shape index (κ2) is 4.90. The first-order chi connectivity index (χ1) is 7.66. The van der Waals surface area contributed by atoms with Gasteiger partial charge in [0.05, 0.1) is 6.10 Å². The first-order valence-electron chi connectivity index (χ1n) is 4.59. The van der Waals surface area contributed by atoms with Crippen LogP contribution in [0.2, 0.25) is 0 Å². The molecule has 84 valence electrons. The van der Waals surface area contributed by atoms with Crippen molar-refractivity contribution >= 4 is 23.3 Å². The molecule has 0 fully saturated rings. The smallest absolute Gasteiger partial charge is 0.174 e. The Bertz CT molecular complexity index is 474. The van der Waals surface area contributed by atoms with Gasteiger partial charge >= 0.3 is 0 Å². The highest BCUT2D eigenvalue weighted by Gasteiger charge is 2.11. The summed E-state index contributed by atoms with van der Waals surface area (Å²) in [5, 5.41) is 9.54. The van der Waals surface area contributed by atoms with Crippen LogP contribution in [0, 0.1) is 5.82 Å². The van der Waals surface area contributed by atoms with Gasteiger partial charge in [-0.05, 0) is 42.2 Å². The molecule has 0 aliphatic heterocycles. The zero-order chi connectivity index (χ0) is 11.5. The number of hydrogen-bond acceptors (Lipinski definition) is 5. The van der Waals surface area contributed by atoms with Crippen molar-refractivity contribution in [2.24, 2.45) is 0 Å². The summed E-state index contributed by atoms with van der Waals surface area (Å²) in [7, 11) is 0. The third-order valence-electron chi connectivity index (χ3n) is 1.96. The van der Waals surface area contributed by atoms with E-state index in [1.54, 1.807) is 13.0 Å². The number of halogens is 1. The van der Waals surface area contributed by atoms with E-state index in [0.717, 1.165) is 9.24 Å². The van der Waals surface area contributed by atoms with Gasteiger partial charge in [-0.2, -0.15) is 4.37 Å². The summed E-state index contributed by atoms with van der Waals surface area (Å²) in [6.45, 7) is 1.61. The van der Waals surface area contributed by atoms with Crippen molar-refractivity contribution in [1.82, 2.24) is 9.36 Å². The van der Waals surface area contributed by atoms with Crippen LogP contribution in [0.25, 0.3) is 0 Å². The van der Waals surface area contributed by atoms with Crippen LogP contribution in [-0.4, -0.2) is 14.5 Å². The predicted octanol–water partition coefficient (Wildman–Crippen LogP) is 2.88. The zero-order valence-electron chi connectivity index (χ0n) is 8.42. The molecule has 2 aromatic rings. The molecule has 1 aromatic carbocycles. The minimum absolute atomic E-state index is 0.350. The van der Waals surface area contributed by atoms with Crippen molar-refractivity contribution in [2.75, 3.05) is 0 Å². The molecule has 0 radical (unpaired) electrons. The third kappa shape index (κ3) is 2.58. The molecule has 6 heteroatoms. The summed E-state index contributed by atoms with van der Waals surface area (Å²) in [4.78, 5) is 4.83. The molecule has 1 aromatic heterocycles. The molecule has 0 amide bonds. The Morgan fingerprint density at radius 2 is 2.31 bits per heavy atom. The van der Waals surface area contributed by atoms with Gasteiger partial charge in [0.1, 0.15) is 12.1 Å². The van der Waals surface area contributed by atoms with E-state index in [4.69, 9.17) is 0 Å². The lowest BCUT2D eigenvalue weighted by atomic mass is 10.1. The zero-order valence-corrected chi connectivity index (χ0v) is 10.1. The molecule has 16 heavy (non-hydrogen) atoms. The molecule has 0 bridgehead atoms. The highest BCUT2D eigenvalue weighted by molar-refractivity contribution is 8.01. The number of hydrogen-bond donors (Lipinski definition) is 1. The number of benzene rings is 1. The Morgan fingerprint density at radius 1 is 1.50 bits per heavy atom. The monoisotopic (exact) mass is 256 g/mol. The Balaban J connectivity index is 2.33. The maximum Gasteiger partial charge on any atom is 0.174 e. The molecule has 0 saturated carbocycles. The van der Waals surface area contributed by atoms with Crippen LogP contribution in [0.15, 0.2) is 33.8 Å². The Hall–Kier alpha value is -0.980. The average Bonchev–Trinajstić information content (AvgIpc) is 2.73. The summed E-state index contributed by atoms with van der Waals surface area (Å²) in [5.74, 6) is -0.350. The fraction of sp³-hybridized carbons (Fsp3) is 0.200. The molecule has 0 saturated heterocycles. The van der Waals surface area contributed by atoms with E-state index in [-0.39, 0.29) is 5.82 Å². The first-order valence-corrected chi connectivity index (χ1v) is 6.18. The van der Waals surface area contributed by atoms with E-state index in [1.807, 2.05) is 0 Å². The van der Waals surface area contributed by atoms with E-state index in [1.165, 1.54) is 41.8 Å². The molecule has 0 unspecified atom stereocenters. The van der Waals surface area contributed by atoms with Crippen LogP contribution >= 0.6 is 23.3 Å². The fourth-order valence-electron chi connectivity index (χ4n) is 1.24. The van der Waals surface area contributed by atoms with Gasteiger partial charge in [0.25, 0.3) is 0 Å². The summed E-state index contributed by atoms with van der Waals surface area (Å²) in [6, 6.07) is 4.35. The lowest BCUT2D eigenvalue weighted by Gasteiger charge is -2.10. The number of nitrogens with zero attached hydrogens (tertiary/aromatic N) is 2. The lowest BCUT2D eigenvalue weighted by molar-refractivity contribution is 0.196. The van der Waals surface area contributed by atoms with Gasteiger partial charge in [-0.25, -0.2) is 9.37 Å². The van der Waals surface area contributed by atoms with Crippen LogP contribution in [-0.2, 0) is 0 Å². The van der Waals surface area contributed by atoms with Crippen LogP contribution in [0.3, 0.4) is 0 Å². The van der Waals surface area contributed by atoms with Gasteiger partial charge in [-0.3, -0.25) is 0 Å². The lowest BCUT2D eigenvalue weighted by Crippen LogP contribution is -1.95. The van der Waals surface area contributed by atoms with E-state index in [0.29, 0.717) is 5.56 Å². The van der Waals surface area contributed by atoms with Gasteiger partial charge in [0.15, 0.2) is 4.34 Å². The molecular formula is C10H9FN2OS2. The minimum Gasteiger partial charge on any atom is -0.389 e. The topological polar surface area (TPSA) is 46.0 Å². The normalized spacial score (nSPS) is 12.7. The van der Waals surface area contributed by atoms with Crippen molar-refractivity contribution < 1.29 is 9.50 Å². The van der Waals surface area contributed by atoms with Crippen molar-refractivity contribution in [1.29, 1.82) is 0 Å². The van der Waals surface area contributed by atoms with Crippen LogP contribution in [0.4, 0.5) is 4.39 Å². The molecule has 0 spiro atoms. The second-order valence-corrected chi connectivity index (χ2v) is 5.24. The van der Waals surface area contributed by atoms with Gasteiger partial charge in [0.2, 0.25) is 0 Å². The van der Waals surface area contributed by atoms with E-state index >= 15 is 0 Å². The summed E-state index contributed by atoms with van der Waals surface area (Å²) in [5.41, 5.74) is 0.570. The Labute approximate surface area is 101 Å². The quantitative estimate of drug-likeness (QED) is 0.917.